The van der Waals surface area contributed by atoms with Crippen molar-refractivity contribution in [3.05, 3.63) is 12.2 Å². The van der Waals surface area contributed by atoms with Crippen molar-refractivity contribution in [1.29, 1.82) is 0 Å². The van der Waals surface area contributed by atoms with E-state index in [2.05, 4.69) is 33.1 Å². The molecule has 0 N–H and O–H groups in total. The van der Waals surface area contributed by atoms with Gasteiger partial charge < -0.3 is 13.9 Å². The average Bonchev–Trinajstić information content (AvgIpc) is 3.02. The smallest absolute Gasteiger partial charge is 0.311 e. The van der Waals surface area contributed by atoms with Crippen LogP contribution >= 0.6 is 0 Å². The van der Waals surface area contributed by atoms with E-state index in [1.807, 2.05) is 6.92 Å². The van der Waals surface area contributed by atoms with Crippen LogP contribution in [-0.4, -0.2) is 40.1 Å². The van der Waals surface area contributed by atoms with Gasteiger partial charge in [-0.1, -0.05) is 19.9 Å². The molecule has 31 heavy (non-hydrogen) atoms. The van der Waals surface area contributed by atoms with Gasteiger partial charge in [-0.2, -0.15) is 0 Å². The summed E-state index contributed by atoms with van der Waals surface area (Å²) in [7, 11) is 1.14. The lowest BCUT2D eigenvalue weighted by Crippen LogP contribution is -2.51. The molecule has 0 aromatic rings. The number of rotatable bonds is 4. The van der Waals surface area contributed by atoms with Gasteiger partial charge in [0.15, 0.2) is 8.32 Å². The first-order chi connectivity index (χ1) is 14.3. The van der Waals surface area contributed by atoms with E-state index in [0.29, 0.717) is 5.92 Å². The molecular formula is C25H40O5Si. The fourth-order valence-corrected chi connectivity index (χ4v) is 10.4. The van der Waals surface area contributed by atoms with E-state index in [-0.39, 0.29) is 40.2 Å². The molecule has 4 saturated carbocycles. The maximum Gasteiger partial charge on any atom is 0.311 e. The highest BCUT2D eigenvalue weighted by Gasteiger charge is 2.77. The summed E-state index contributed by atoms with van der Waals surface area (Å²) in [5, 5.41) is 0. The zero-order valence-corrected chi connectivity index (χ0v) is 21.4. The summed E-state index contributed by atoms with van der Waals surface area (Å²) < 4.78 is 17.6. The van der Waals surface area contributed by atoms with Crippen LogP contribution in [-0.2, 0) is 23.5 Å². The van der Waals surface area contributed by atoms with Gasteiger partial charge in [-0.15, -0.1) is 0 Å². The van der Waals surface area contributed by atoms with Crippen LogP contribution in [0.3, 0.4) is 0 Å². The van der Waals surface area contributed by atoms with Crippen molar-refractivity contribution in [3.8, 4) is 0 Å². The van der Waals surface area contributed by atoms with Crippen LogP contribution in [0.5, 0.6) is 0 Å². The molecule has 0 aromatic carbocycles. The van der Waals surface area contributed by atoms with E-state index < -0.39 is 13.7 Å². The van der Waals surface area contributed by atoms with Crippen LogP contribution < -0.4 is 0 Å². The number of carbonyl (C=O) groups excluding carboxylic acids is 2. The highest BCUT2D eigenvalue weighted by atomic mass is 28.4. The van der Waals surface area contributed by atoms with Gasteiger partial charge in [0, 0.05) is 0 Å². The molecule has 1 spiro atoms. The maximum absolute atomic E-state index is 13.5. The van der Waals surface area contributed by atoms with Gasteiger partial charge >= 0.3 is 11.9 Å². The molecule has 0 saturated heterocycles. The summed E-state index contributed by atoms with van der Waals surface area (Å²) >= 11 is 0. The molecule has 2 bridgehead atoms. The predicted octanol–water partition coefficient (Wildman–Crippen LogP) is 5.11. The van der Waals surface area contributed by atoms with Crippen LogP contribution in [0.25, 0.3) is 0 Å². The largest absolute Gasteiger partial charge is 0.469 e. The fraction of sp³-hybridized carbons (Fsp3) is 0.840. The standard InChI is InChI=1S/C25H40O5Si/c1-16-14-24-15-25(16,30-31(6,7)8)13-10-17(24)22(2)11-9-12-23(3,21(27)29-5)19(22)18(24)20(26)28-4/h17-19H,1,9-15H2,2-8H3/t17?,18?,19?,22-,23?,24-,25-/m0/s1. The Balaban J connectivity index is 1.89. The lowest BCUT2D eigenvalue weighted by Gasteiger charge is -2.51. The number of fused-ring (bicyclic) bond motifs is 3. The van der Waals surface area contributed by atoms with E-state index in [9.17, 15) is 9.59 Å². The van der Waals surface area contributed by atoms with Crippen molar-refractivity contribution in [1.82, 2.24) is 0 Å². The Morgan fingerprint density at radius 1 is 1.06 bits per heavy atom. The van der Waals surface area contributed by atoms with Crippen LogP contribution in [0, 0.1) is 34.0 Å². The van der Waals surface area contributed by atoms with Gasteiger partial charge in [0.05, 0.1) is 31.2 Å². The van der Waals surface area contributed by atoms with Crippen LogP contribution in [0.15, 0.2) is 12.2 Å². The number of carbonyl (C=O) groups is 2. The number of ether oxygens (including phenoxy) is 2. The topological polar surface area (TPSA) is 61.8 Å². The van der Waals surface area contributed by atoms with E-state index in [1.165, 1.54) is 14.2 Å². The third-order valence-electron chi connectivity index (χ3n) is 9.50. The Morgan fingerprint density at radius 2 is 1.74 bits per heavy atom. The minimum atomic E-state index is -1.82. The Morgan fingerprint density at radius 3 is 2.32 bits per heavy atom. The number of hydrogen-bond donors (Lipinski definition) is 0. The molecule has 0 radical (unpaired) electrons. The van der Waals surface area contributed by atoms with Gasteiger partial charge in [0.2, 0.25) is 0 Å². The average molecular weight is 449 g/mol. The Labute approximate surface area is 188 Å². The van der Waals surface area contributed by atoms with Crippen LogP contribution in [0.1, 0.15) is 58.8 Å². The molecule has 0 amide bonds. The van der Waals surface area contributed by atoms with E-state index in [0.717, 1.165) is 50.5 Å². The molecule has 174 valence electrons. The summed E-state index contributed by atoms with van der Waals surface area (Å²) in [4.78, 5) is 26.7. The summed E-state index contributed by atoms with van der Waals surface area (Å²) in [6.45, 7) is 15.6. The van der Waals surface area contributed by atoms with Crippen molar-refractivity contribution in [3.63, 3.8) is 0 Å². The lowest BCUT2D eigenvalue weighted by molar-refractivity contribution is -0.170. The maximum atomic E-state index is 13.5. The summed E-state index contributed by atoms with van der Waals surface area (Å²) in [5.41, 5.74) is -0.220. The first kappa shape index (κ1) is 23.0. The van der Waals surface area contributed by atoms with Crippen LogP contribution in [0.4, 0.5) is 0 Å². The normalized spacial score (nSPS) is 46.3. The van der Waals surface area contributed by atoms with Gasteiger partial charge in [0.1, 0.15) is 0 Å². The molecule has 4 fully saturated rings. The SMILES string of the molecule is C=C1C[C@]23C[C@@]1(O[Si](C)(C)C)CCC2[C@]1(C)CCCC(C)(C(=O)OC)C1C3C(=O)OC. The molecule has 6 heteroatoms. The summed E-state index contributed by atoms with van der Waals surface area (Å²) in [6, 6.07) is 0. The first-order valence-electron chi connectivity index (χ1n) is 11.8. The highest BCUT2D eigenvalue weighted by molar-refractivity contribution is 6.69. The molecule has 0 aromatic heterocycles. The number of esters is 2. The monoisotopic (exact) mass is 448 g/mol. The number of methoxy groups -OCH3 is 2. The van der Waals surface area contributed by atoms with Crippen LogP contribution in [0.2, 0.25) is 19.6 Å². The van der Waals surface area contributed by atoms with E-state index in [4.69, 9.17) is 13.9 Å². The zero-order chi connectivity index (χ0) is 23.0. The number of hydrogen-bond acceptors (Lipinski definition) is 5. The second kappa shape index (κ2) is 6.93. The second-order valence-electron chi connectivity index (χ2n) is 12.2. The molecule has 0 aliphatic heterocycles. The lowest BCUT2D eigenvalue weighted by atomic mass is 9.53. The molecule has 4 aliphatic rings. The van der Waals surface area contributed by atoms with E-state index in [1.54, 1.807) is 0 Å². The third kappa shape index (κ3) is 2.96. The third-order valence-corrected chi connectivity index (χ3v) is 10.5. The van der Waals surface area contributed by atoms with Gasteiger partial charge in [-0.25, -0.2) is 0 Å². The zero-order valence-electron chi connectivity index (χ0n) is 20.4. The molecule has 4 unspecified atom stereocenters. The minimum Gasteiger partial charge on any atom is -0.469 e. The molecule has 4 rings (SSSR count). The van der Waals surface area contributed by atoms with Gasteiger partial charge in [0.25, 0.3) is 0 Å². The van der Waals surface area contributed by atoms with Gasteiger partial charge in [-0.05, 0) is 93.3 Å². The Hall–Kier alpha value is -1.14. The molecular weight excluding hydrogens is 408 g/mol. The molecule has 4 aliphatic carbocycles. The summed E-state index contributed by atoms with van der Waals surface area (Å²) in [5.74, 6) is -0.424. The van der Waals surface area contributed by atoms with Crippen molar-refractivity contribution in [2.45, 2.75) is 84.0 Å². The second-order valence-corrected chi connectivity index (χ2v) is 16.7. The van der Waals surface area contributed by atoms with Crippen molar-refractivity contribution >= 4 is 20.3 Å². The fourth-order valence-electron chi connectivity index (χ4n) is 8.93. The van der Waals surface area contributed by atoms with Crippen molar-refractivity contribution in [2.24, 2.45) is 34.0 Å². The molecule has 0 heterocycles. The Bertz CT molecular complexity index is 817. The molecule has 7 atom stereocenters. The van der Waals surface area contributed by atoms with E-state index >= 15 is 0 Å². The minimum absolute atomic E-state index is 0.0905. The molecule has 5 nitrogen and oxygen atoms in total. The summed E-state index contributed by atoms with van der Waals surface area (Å²) in [6.07, 6.45) is 6.39. The highest BCUT2D eigenvalue weighted by Crippen LogP contribution is 2.78. The quantitative estimate of drug-likeness (QED) is 0.340. The van der Waals surface area contributed by atoms with Gasteiger partial charge in [-0.3, -0.25) is 9.59 Å². The Kier molecular flexibility index (Phi) is 5.15. The first-order valence-corrected chi connectivity index (χ1v) is 15.3. The van der Waals surface area contributed by atoms with Crippen molar-refractivity contribution < 1.29 is 23.5 Å². The predicted molar refractivity (Wildman–Crippen MR) is 122 cm³/mol. The van der Waals surface area contributed by atoms with Crippen molar-refractivity contribution in [2.75, 3.05) is 14.2 Å².